The van der Waals surface area contributed by atoms with Gasteiger partial charge in [0.1, 0.15) is 13.2 Å². The Morgan fingerprint density at radius 1 is 1.24 bits per heavy atom. The average molecular weight is 329 g/mol. The molecular formula is C13H13ClN2O4S. The molecule has 6 nitrogen and oxygen atoms in total. The van der Waals surface area contributed by atoms with E-state index in [0.717, 1.165) is 0 Å². The molecule has 112 valence electrons. The SMILES string of the molecule is O=S(=O)(CCn1cccn1)c1cc2c(cc1Cl)OCCO2. The highest BCUT2D eigenvalue weighted by Gasteiger charge is 2.23. The molecule has 2 heterocycles. The molecule has 3 rings (SSSR count). The predicted octanol–water partition coefficient (Wildman–Crippen LogP) is 1.78. The minimum Gasteiger partial charge on any atom is -0.486 e. The molecule has 0 fully saturated rings. The number of nitrogens with zero attached hydrogens (tertiary/aromatic N) is 2. The minimum atomic E-state index is -3.53. The van der Waals surface area contributed by atoms with Gasteiger partial charge in [0.15, 0.2) is 21.3 Å². The lowest BCUT2D eigenvalue weighted by atomic mass is 10.3. The molecule has 2 aromatic rings. The summed E-state index contributed by atoms with van der Waals surface area (Å²) in [7, 11) is -3.53. The number of hydrogen-bond acceptors (Lipinski definition) is 5. The monoisotopic (exact) mass is 328 g/mol. The summed E-state index contributed by atoms with van der Waals surface area (Å²) in [6, 6.07) is 4.65. The van der Waals surface area contributed by atoms with Crippen LogP contribution in [0.2, 0.25) is 5.02 Å². The van der Waals surface area contributed by atoms with Crippen molar-refractivity contribution in [2.45, 2.75) is 11.4 Å². The predicted molar refractivity (Wildman–Crippen MR) is 76.7 cm³/mol. The van der Waals surface area contributed by atoms with E-state index in [1.165, 1.54) is 12.1 Å². The van der Waals surface area contributed by atoms with Gasteiger partial charge in [-0.3, -0.25) is 4.68 Å². The summed E-state index contributed by atoms with van der Waals surface area (Å²) in [5.41, 5.74) is 0. The zero-order valence-electron chi connectivity index (χ0n) is 11.0. The van der Waals surface area contributed by atoms with Crippen molar-refractivity contribution in [2.24, 2.45) is 0 Å². The lowest BCUT2D eigenvalue weighted by Crippen LogP contribution is -2.17. The number of hydrogen-bond donors (Lipinski definition) is 0. The summed E-state index contributed by atoms with van der Waals surface area (Å²) < 4.78 is 37.2. The van der Waals surface area contributed by atoms with Gasteiger partial charge in [-0.1, -0.05) is 11.6 Å². The van der Waals surface area contributed by atoms with E-state index >= 15 is 0 Å². The van der Waals surface area contributed by atoms with Crippen LogP contribution in [0.15, 0.2) is 35.5 Å². The molecule has 21 heavy (non-hydrogen) atoms. The molecule has 0 radical (unpaired) electrons. The zero-order chi connectivity index (χ0) is 14.9. The molecule has 1 aromatic carbocycles. The largest absolute Gasteiger partial charge is 0.486 e. The standard InChI is InChI=1S/C13H13ClN2O4S/c14-10-8-11-12(20-6-5-19-11)9-13(10)21(17,18)7-4-16-3-1-2-15-16/h1-3,8-9H,4-7H2. The smallest absolute Gasteiger partial charge is 0.181 e. The first-order chi connectivity index (χ1) is 10.1. The number of rotatable bonds is 4. The third kappa shape index (κ3) is 2.98. The van der Waals surface area contributed by atoms with Gasteiger partial charge in [0.2, 0.25) is 0 Å². The maximum atomic E-state index is 12.4. The van der Waals surface area contributed by atoms with Gasteiger partial charge in [-0.2, -0.15) is 5.10 Å². The molecule has 0 saturated heterocycles. The van der Waals surface area contributed by atoms with Crippen molar-refractivity contribution < 1.29 is 17.9 Å². The molecule has 0 saturated carbocycles. The third-order valence-corrected chi connectivity index (χ3v) is 5.23. The Morgan fingerprint density at radius 2 is 1.95 bits per heavy atom. The van der Waals surface area contributed by atoms with Gasteiger partial charge in [0.25, 0.3) is 0 Å². The maximum absolute atomic E-state index is 12.4. The second-order valence-electron chi connectivity index (χ2n) is 4.51. The molecule has 0 unspecified atom stereocenters. The van der Waals surface area contributed by atoms with E-state index in [2.05, 4.69) is 5.10 Å². The van der Waals surface area contributed by atoms with Crippen LogP contribution in [0, 0.1) is 0 Å². The van der Waals surface area contributed by atoms with E-state index in [1.807, 2.05) is 0 Å². The van der Waals surface area contributed by atoms with E-state index in [4.69, 9.17) is 21.1 Å². The van der Waals surface area contributed by atoms with Crippen LogP contribution < -0.4 is 9.47 Å². The van der Waals surface area contributed by atoms with Crippen molar-refractivity contribution in [1.29, 1.82) is 0 Å². The number of ether oxygens (including phenoxy) is 2. The first-order valence-electron chi connectivity index (χ1n) is 6.35. The second-order valence-corrected chi connectivity index (χ2v) is 7.00. The molecule has 0 bridgehead atoms. The summed E-state index contributed by atoms with van der Waals surface area (Å²) in [6.07, 6.45) is 3.31. The van der Waals surface area contributed by atoms with Crippen LogP contribution in [-0.2, 0) is 16.4 Å². The lowest BCUT2D eigenvalue weighted by Gasteiger charge is -2.19. The molecule has 1 aliphatic heterocycles. The number of aryl methyl sites for hydroxylation is 1. The van der Waals surface area contributed by atoms with E-state index in [-0.39, 0.29) is 22.2 Å². The summed E-state index contributed by atoms with van der Waals surface area (Å²) in [5, 5.41) is 4.12. The summed E-state index contributed by atoms with van der Waals surface area (Å²) in [6.45, 7) is 1.08. The molecule has 8 heteroatoms. The first-order valence-corrected chi connectivity index (χ1v) is 8.38. The number of benzene rings is 1. The van der Waals surface area contributed by atoms with Crippen LogP contribution in [0.4, 0.5) is 0 Å². The Hall–Kier alpha value is -1.73. The molecule has 0 amide bonds. The van der Waals surface area contributed by atoms with Gasteiger partial charge in [0, 0.05) is 24.5 Å². The molecule has 0 N–H and O–H groups in total. The van der Waals surface area contributed by atoms with Gasteiger partial charge in [-0.25, -0.2) is 8.42 Å². The van der Waals surface area contributed by atoms with Gasteiger partial charge < -0.3 is 9.47 Å². The van der Waals surface area contributed by atoms with Crippen LogP contribution in [0.5, 0.6) is 11.5 Å². The number of halogens is 1. The Bertz CT molecular complexity index is 744. The molecule has 0 atom stereocenters. The quantitative estimate of drug-likeness (QED) is 0.855. The average Bonchev–Trinajstić information content (AvgIpc) is 2.98. The van der Waals surface area contributed by atoms with Crippen LogP contribution in [0.1, 0.15) is 0 Å². The van der Waals surface area contributed by atoms with Gasteiger partial charge in [-0.15, -0.1) is 0 Å². The maximum Gasteiger partial charge on any atom is 0.181 e. The van der Waals surface area contributed by atoms with Crippen LogP contribution in [-0.4, -0.2) is 37.2 Å². The Labute approximate surface area is 127 Å². The summed E-state index contributed by atoms with van der Waals surface area (Å²) in [4.78, 5) is 0.0561. The normalized spacial score (nSPS) is 14.1. The van der Waals surface area contributed by atoms with E-state index in [0.29, 0.717) is 24.7 Å². The van der Waals surface area contributed by atoms with Crippen molar-refractivity contribution in [1.82, 2.24) is 9.78 Å². The topological polar surface area (TPSA) is 70.4 Å². The van der Waals surface area contributed by atoms with Gasteiger partial charge in [-0.05, 0) is 6.07 Å². The van der Waals surface area contributed by atoms with Crippen molar-refractivity contribution >= 4 is 21.4 Å². The molecule has 1 aromatic heterocycles. The van der Waals surface area contributed by atoms with Gasteiger partial charge in [0.05, 0.1) is 22.2 Å². The molecule has 1 aliphatic rings. The van der Waals surface area contributed by atoms with Crippen molar-refractivity contribution in [3.8, 4) is 11.5 Å². The highest BCUT2D eigenvalue weighted by atomic mass is 35.5. The Morgan fingerprint density at radius 3 is 2.62 bits per heavy atom. The second kappa shape index (κ2) is 5.57. The van der Waals surface area contributed by atoms with Crippen molar-refractivity contribution in [3.05, 3.63) is 35.6 Å². The van der Waals surface area contributed by atoms with Gasteiger partial charge >= 0.3 is 0 Å². The summed E-state index contributed by atoms with van der Waals surface area (Å²) >= 11 is 6.07. The van der Waals surface area contributed by atoms with Crippen molar-refractivity contribution in [2.75, 3.05) is 19.0 Å². The van der Waals surface area contributed by atoms with Crippen molar-refractivity contribution in [3.63, 3.8) is 0 Å². The fourth-order valence-electron chi connectivity index (χ4n) is 2.04. The van der Waals surface area contributed by atoms with E-state index in [9.17, 15) is 8.42 Å². The molecular weight excluding hydrogens is 316 g/mol. The van der Waals surface area contributed by atoms with Crippen LogP contribution in [0.3, 0.4) is 0 Å². The molecule has 0 aliphatic carbocycles. The Kier molecular flexibility index (Phi) is 3.77. The zero-order valence-corrected chi connectivity index (χ0v) is 12.6. The fourth-order valence-corrected chi connectivity index (χ4v) is 3.84. The highest BCUT2D eigenvalue weighted by Crippen LogP contribution is 2.37. The fraction of sp³-hybridized carbons (Fsp3) is 0.308. The molecule has 0 spiro atoms. The summed E-state index contributed by atoms with van der Waals surface area (Å²) in [5.74, 6) is 0.786. The van der Waals surface area contributed by atoms with E-state index in [1.54, 1.807) is 23.1 Å². The number of fused-ring (bicyclic) bond motifs is 1. The van der Waals surface area contributed by atoms with Crippen LogP contribution >= 0.6 is 11.6 Å². The highest BCUT2D eigenvalue weighted by molar-refractivity contribution is 7.91. The lowest BCUT2D eigenvalue weighted by molar-refractivity contribution is 0.171. The Balaban J connectivity index is 1.87. The van der Waals surface area contributed by atoms with E-state index < -0.39 is 9.84 Å². The minimum absolute atomic E-state index is 0.0561. The third-order valence-electron chi connectivity index (χ3n) is 3.08. The number of sulfone groups is 1. The van der Waals surface area contributed by atoms with Crippen LogP contribution in [0.25, 0.3) is 0 Å². The first kappa shape index (κ1) is 14.2. The number of aromatic nitrogens is 2.